The van der Waals surface area contributed by atoms with Gasteiger partial charge in [-0.05, 0) is 35.9 Å². The number of carboxylic acids is 1. The Balaban J connectivity index is 1.93. The van der Waals surface area contributed by atoms with Crippen LogP contribution in [-0.4, -0.2) is 55.0 Å². The first-order valence-corrected chi connectivity index (χ1v) is 10.0. The number of carbonyl (C=O) groups is 2. The first kappa shape index (κ1) is 20.9. The highest BCUT2D eigenvalue weighted by atomic mass is 32.2. The van der Waals surface area contributed by atoms with E-state index in [1.54, 1.807) is 63.8 Å². The zero-order valence-electron chi connectivity index (χ0n) is 16.5. The van der Waals surface area contributed by atoms with E-state index in [1.165, 1.54) is 16.7 Å². The summed E-state index contributed by atoms with van der Waals surface area (Å²) < 4.78 is 15.9. The molecule has 0 aliphatic carbocycles. The second-order valence-electron chi connectivity index (χ2n) is 6.47. The lowest BCUT2D eigenvalue weighted by atomic mass is 10.1. The Kier molecular flexibility index (Phi) is 6.53. The van der Waals surface area contributed by atoms with Gasteiger partial charge in [0.1, 0.15) is 28.7 Å². The van der Waals surface area contributed by atoms with E-state index < -0.39 is 17.4 Å². The van der Waals surface area contributed by atoms with Gasteiger partial charge in [0, 0.05) is 11.3 Å². The van der Waals surface area contributed by atoms with Gasteiger partial charge in [-0.3, -0.25) is 4.79 Å². The molecule has 7 nitrogen and oxygen atoms in total. The number of benzene rings is 2. The van der Waals surface area contributed by atoms with Gasteiger partial charge in [-0.25, -0.2) is 4.79 Å². The Morgan fingerprint density at radius 3 is 2.28 bits per heavy atom. The maximum absolute atomic E-state index is 13.2. The topological polar surface area (TPSA) is 85.3 Å². The van der Waals surface area contributed by atoms with Gasteiger partial charge in [-0.2, -0.15) is 0 Å². The highest BCUT2D eigenvalue weighted by Gasteiger charge is 2.43. The Morgan fingerprint density at radius 2 is 1.69 bits per heavy atom. The van der Waals surface area contributed by atoms with Gasteiger partial charge in [0.05, 0.1) is 27.8 Å². The van der Waals surface area contributed by atoms with Crippen molar-refractivity contribution < 1.29 is 28.9 Å². The van der Waals surface area contributed by atoms with Crippen molar-refractivity contribution in [1.82, 2.24) is 4.90 Å². The van der Waals surface area contributed by atoms with E-state index in [9.17, 15) is 14.7 Å². The molecule has 1 heterocycles. The molecule has 29 heavy (non-hydrogen) atoms. The van der Waals surface area contributed by atoms with Crippen molar-refractivity contribution in [2.45, 2.75) is 17.8 Å². The molecular weight excluding hydrogens is 394 g/mol. The smallest absolute Gasteiger partial charge is 0.327 e. The van der Waals surface area contributed by atoms with Crippen molar-refractivity contribution in [2.75, 3.05) is 27.1 Å². The molecule has 1 fully saturated rings. The van der Waals surface area contributed by atoms with E-state index in [0.717, 1.165) is 5.56 Å². The number of aliphatic carboxylic acids is 1. The molecule has 2 aromatic rings. The summed E-state index contributed by atoms with van der Waals surface area (Å²) in [6.45, 7) is 0. The second-order valence-corrected chi connectivity index (χ2v) is 7.59. The van der Waals surface area contributed by atoms with Crippen LogP contribution in [0.25, 0.3) is 0 Å². The number of amides is 1. The molecule has 3 rings (SSSR count). The van der Waals surface area contributed by atoms with Crippen LogP contribution in [0.5, 0.6) is 17.2 Å². The highest BCUT2D eigenvalue weighted by molar-refractivity contribution is 7.99. The number of nitrogens with zero attached hydrogens (tertiary/aromatic N) is 1. The molecule has 0 saturated carbocycles. The summed E-state index contributed by atoms with van der Waals surface area (Å²) in [5, 5.41) is 9.20. The molecule has 0 aromatic heterocycles. The van der Waals surface area contributed by atoms with Crippen LogP contribution in [0.3, 0.4) is 0 Å². The minimum absolute atomic E-state index is 0.0944. The van der Waals surface area contributed by atoms with E-state index in [1.807, 2.05) is 0 Å². The largest absolute Gasteiger partial charge is 0.497 e. The average molecular weight is 417 g/mol. The third-order valence-electron chi connectivity index (χ3n) is 4.79. The highest BCUT2D eigenvalue weighted by Crippen LogP contribution is 2.46. The van der Waals surface area contributed by atoms with Gasteiger partial charge in [0.15, 0.2) is 0 Å². The molecule has 2 unspecified atom stereocenters. The van der Waals surface area contributed by atoms with Gasteiger partial charge in [-0.1, -0.05) is 12.1 Å². The van der Waals surface area contributed by atoms with E-state index >= 15 is 0 Å². The molecule has 1 saturated heterocycles. The van der Waals surface area contributed by atoms with Crippen molar-refractivity contribution >= 4 is 23.6 Å². The summed E-state index contributed by atoms with van der Waals surface area (Å²) in [7, 11) is 4.67. The molecule has 0 spiro atoms. The maximum atomic E-state index is 13.2. The fraction of sp³-hybridized carbons (Fsp3) is 0.333. The number of thioether (sulfide) groups is 1. The first-order chi connectivity index (χ1) is 14.0. The molecule has 1 N–H and O–H groups in total. The Labute approximate surface area is 173 Å². The number of rotatable bonds is 7. The normalized spacial score (nSPS) is 18.4. The number of hydrogen-bond donors (Lipinski definition) is 1. The van der Waals surface area contributed by atoms with Crippen molar-refractivity contribution in [3.8, 4) is 17.2 Å². The number of hydrogen-bond acceptors (Lipinski definition) is 6. The lowest BCUT2D eigenvalue weighted by Crippen LogP contribution is -2.43. The van der Waals surface area contributed by atoms with Crippen LogP contribution in [-0.2, 0) is 16.0 Å². The number of carbonyl (C=O) groups excluding carboxylic acids is 1. The Morgan fingerprint density at radius 1 is 1.03 bits per heavy atom. The van der Waals surface area contributed by atoms with Crippen molar-refractivity contribution in [1.29, 1.82) is 0 Å². The molecule has 0 radical (unpaired) electrons. The van der Waals surface area contributed by atoms with Crippen LogP contribution in [0.15, 0.2) is 42.5 Å². The van der Waals surface area contributed by atoms with Crippen LogP contribution in [0.4, 0.5) is 0 Å². The fourth-order valence-corrected chi connectivity index (χ4v) is 4.74. The van der Waals surface area contributed by atoms with Crippen LogP contribution < -0.4 is 14.2 Å². The average Bonchev–Trinajstić information content (AvgIpc) is 3.19. The van der Waals surface area contributed by atoms with Gasteiger partial charge in [-0.15, -0.1) is 11.8 Å². The Hall–Kier alpha value is -2.87. The third kappa shape index (κ3) is 4.42. The maximum Gasteiger partial charge on any atom is 0.327 e. The van der Waals surface area contributed by atoms with E-state index in [2.05, 4.69) is 0 Å². The standard InChI is InChI=1S/C21H23NO6S/c1-26-14-6-4-13(5-7-14)10-19(23)22-17(21(24)25)12-29-20(22)16-11-15(27-2)8-9-18(16)28-3/h4-9,11,17,20H,10,12H2,1-3H3,(H,24,25). The van der Waals surface area contributed by atoms with Crippen molar-refractivity contribution in [2.24, 2.45) is 0 Å². The summed E-state index contributed by atoms with van der Waals surface area (Å²) in [4.78, 5) is 26.4. The van der Waals surface area contributed by atoms with Crippen LogP contribution >= 0.6 is 11.8 Å². The number of carboxylic acid groups (broad SMARTS) is 1. The quantitative estimate of drug-likeness (QED) is 0.741. The molecule has 154 valence electrons. The lowest BCUT2D eigenvalue weighted by Gasteiger charge is -2.29. The van der Waals surface area contributed by atoms with Gasteiger partial charge >= 0.3 is 5.97 Å². The number of ether oxygens (including phenoxy) is 3. The SMILES string of the molecule is COc1ccc(CC(=O)N2C(C(=O)O)CSC2c2cc(OC)ccc2OC)cc1. The minimum atomic E-state index is -1.02. The summed E-state index contributed by atoms with van der Waals surface area (Å²) in [5.74, 6) is 0.904. The van der Waals surface area contributed by atoms with Gasteiger partial charge < -0.3 is 24.2 Å². The summed E-state index contributed by atoms with van der Waals surface area (Å²) in [5.41, 5.74) is 1.50. The molecule has 1 aliphatic heterocycles. The summed E-state index contributed by atoms with van der Waals surface area (Å²) >= 11 is 1.40. The molecule has 2 aromatic carbocycles. The predicted molar refractivity (Wildman–Crippen MR) is 110 cm³/mol. The third-order valence-corrected chi connectivity index (χ3v) is 6.10. The zero-order valence-corrected chi connectivity index (χ0v) is 17.3. The fourth-order valence-electron chi connectivity index (χ4n) is 3.28. The minimum Gasteiger partial charge on any atom is -0.497 e. The van der Waals surface area contributed by atoms with Crippen molar-refractivity contribution in [3.05, 3.63) is 53.6 Å². The number of methoxy groups -OCH3 is 3. The van der Waals surface area contributed by atoms with E-state index in [-0.39, 0.29) is 12.3 Å². The van der Waals surface area contributed by atoms with E-state index in [4.69, 9.17) is 14.2 Å². The van der Waals surface area contributed by atoms with Crippen molar-refractivity contribution in [3.63, 3.8) is 0 Å². The summed E-state index contributed by atoms with van der Waals surface area (Å²) in [6, 6.07) is 11.6. The van der Waals surface area contributed by atoms with Gasteiger partial charge in [0.2, 0.25) is 5.91 Å². The predicted octanol–water partition coefficient (Wildman–Crippen LogP) is 2.98. The second kappa shape index (κ2) is 9.09. The van der Waals surface area contributed by atoms with Crippen LogP contribution in [0, 0.1) is 0 Å². The molecular formula is C21H23NO6S. The Bertz CT molecular complexity index is 885. The molecule has 8 heteroatoms. The van der Waals surface area contributed by atoms with Gasteiger partial charge in [0.25, 0.3) is 0 Å². The molecule has 1 aliphatic rings. The first-order valence-electron chi connectivity index (χ1n) is 8.99. The molecule has 2 atom stereocenters. The van der Waals surface area contributed by atoms with Crippen LogP contribution in [0.1, 0.15) is 16.5 Å². The van der Waals surface area contributed by atoms with E-state index in [0.29, 0.717) is 28.6 Å². The summed E-state index contributed by atoms with van der Waals surface area (Å²) in [6.07, 6.45) is 0.0944. The molecule has 0 bridgehead atoms. The lowest BCUT2D eigenvalue weighted by molar-refractivity contribution is -0.148. The van der Waals surface area contributed by atoms with Crippen LogP contribution in [0.2, 0.25) is 0 Å². The zero-order chi connectivity index (χ0) is 21.0. The monoisotopic (exact) mass is 417 g/mol. The molecule has 1 amide bonds.